The summed E-state index contributed by atoms with van der Waals surface area (Å²) in [6.07, 6.45) is 6.99. The monoisotopic (exact) mass is 243 g/mol. The predicted octanol–water partition coefficient (Wildman–Crippen LogP) is 4.05. The molecule has 1 aromatic carbocycles. The molecule has 2 heterocycles. The van der Waals surface area contributed by atoms with Crippen LogP contribution in [-0.2, 0) is 0 Å². The summed E-state index contributed by atoms with van der Waals surface area (Å²) in [6, 6.07) is 12.1. The lowest BCUT2D eigenvalue weighted by Gasteiger charge is -2.48. The molecule has 98 valence electrons. The summed E-state index contributed by atoms with van der Waals surface area (Å²) in [6.45, 7) is 5.05. The van der Waals surface area contributed by atoms with Crippen LogP contribution < -0.4 is 0 Å². The van der Waals surface area contributed by atoms with Gasteiger partial charge in [0.25, 0.3) is 0 Å². The third-order valence-corrected chi connectivity index (χ3v) is 5.08. The second-order valence-electron chi connectivity index (χ2n) is 5.99. The summed E-state index contributed by atoms with van der Waals surface area (Å²) in [5.41, 5.74) is 1.58. The van der Waals surface area contributed by atoms with Gasteiger partial charge in [-0.3, -0.25) is 4.90 Å². The van der Waals surface area contributed by atoms with Gasteiger partial charge in [-0.2, -0.15) is 0 Å². The van der Waals surface area contributed by atoms with Crippen molar-refractivity contribution in [2.24, 2.45) is 5.92 Å². The molecular weight excluding hydrogens is 218 g/mol. The van der Waals surface area contributed by atoms with Crippen LogP contribution in [0.5, 0.6) is 0 Å². The Bertz CT molecular complexity index is 372. The summed E-state index contributed by atoms with van der Waals surface area (Å²) in [4.78, 5) is 2.77. The van der Waals surface area contributed by atoms with Gasteiger partial charge in [0.2, 0.25) is 0 Å². The van der Waals surface area contributed by atoms with E-state index < -0.39 is 0 Å². The zero-order chi connectivity index (χ0) is 12.4. The van der Waals surface area contributed by atoms with E-state index in [-0.39, 0.29) is 0 Å². The number of rotatable bonds is 2. The Labute approximate surface area is 111 Å². The van der Waals surface area contributed by atoms with Crippen molar-refractivity contribution in [3.63, 3.8) is 0 Å². The molecule has 0 spiro atoms. The Balaban J connectivity index is 1.90. The molecule has 2 fully saturated rings. The molecule has 18 heavy (non-hydrogen) atoms. The van der Waals surface area contributed by atoms with Crippen LogP contribution in [0.3, 0.4) is 0 Å². The number of hydrogen-bond acceptors (Lipinski definition) is 1. The smallest absolute Gasteiger partial charge is 0.0167 e. The van der Waals surface area contributed by atoms with Crippen LogP contribution in [0.4, 0.5) is 0 Å². The van der Waals surface area contributed by atoms with E-state index in [2.05, 4.69) is 42.2 Å². The Morgan fingerprint density at radius 3 is 2.67 bits per heavy atom. The van der Waals surface area contributed by atoms with Gasteiger partial charge in [0.15, 0.2) is 0 Å². The second-order valence-corrected chi connectivity index (χ2v) is 5.99. The maximum atomic E-state index is 2.77. The first-order chi connectivity index (χ1) is 8.90. The third kappa shape index (κ3) is 2.21. The number of nitrogens with zero attached hydrogens (tertiary/aromatic N) is 1. The maximum Gasteiger partial charge on any atom is 0.0167 e. The Morgan fingerprint density at radius 2 is 1.89 bits per heavy atom. The molecular formula is C17H25N. The number of fused-ring (bicyclic) bond motifs is 1. The Hall–Kier alpha value is -0.820. The van der Waals surface area contributed by atoms with Crippen LogP contribution >= 0.6 is 0 Å². The maximum absolute atomic E-state index is 2.77. The molecule has 0 saturated carbocycles. The van der Waals surface area contributed by atoms with Gasteiger partial charge in [-0.15, -0.1) is 0 Å². The number of piperidine rings is 2. The molecule has 0 aliphatic carbocycles. The minimum Gasteiger partial charge on any atom is -0.300 e. The van der Waals surface area contributed by atoms with E-state index in [0.717, 1.165) is 17.9 Å². The van der Waals surface area contributed by atoms with Crippen LogP contribution in [0.15, 0.2) is 30.3 Å². The first-order valence-electron chi connectivity index (χ1n) is 7.69. The summed E-state index contributed by atoms with van der Waals surface area (Å²) >= 11 is 0. The Kier molecular flexibility index (Phi) is 3.69. The van der Waals surface area contributed by atoms with Gasteiger partial charge in [-0.25, -0.2) is 0 Å². The van der Waals surface area contributed by atoms with Crippen LogP contribution in [-0.4, -0.2) is 24.0 Å². The highest BCUT2D eigenvalue weighted by molar-refractivity contribution is 5.23. The second kappa shape index (κ2) is 5.44. The molecule has 1 nitrogen and oxygen atoms in total. The molecule has 0 unspecified atom stereocenters. The fourth-order valence-corrected chi connectivity index (χ4v) is 4.15. The minimum absolute atomic E-state index is 0.783. The molecule has 2 aliphatic heterocycles. The van der Waals surface area contributed by atoms with Crippen molar-refractivity contribution in [2.75, 3.05) is 13.1 Å². The topological polar surface area (TPSA) is 3.24 Å². The van der Waals surface area contributed by atoms with E-state index in [0.29, 0.717) is 0 Å². The highest BCUT2D eigenvalue weighted by atomic mass is 15.2. The highest BCUT2D eigenvalue weighted by Gasteiger charge is 2.38. The van der Waals surface area contributed by atoms with Gasteiger partial charge in [0.1, 0.15) is 0 Å². The molecule has 0 amide bonds. The zero-order valence-corrected chi connectivity index (χ0v) is 11.5. The van der Waals surface area contributed by atoms with Gasteiger partial charge in [-0.1, -0.05) is 50.1 Å². The van der Waals surface area contributed by atoms with E-state index in [1.165, 1.54) is 45.2 Å². The molecule has 0 aromatic heterocycles. The quantitative estimate of drug-likeness (QED) is 0.757. The van der Waals surface area contributed by atoms with Crippen molar-refractivity contribution >= 4 is 0 Å². The summed E-state index contributed by atoms with van der Waals surface area (Å²) in [5, 5.41) is 0. The molecule has 3 atom stereocenters. The third-order valence-electron chi connectivity index (χ3n) is 5.08. The van der Waals surface area contributed by atoms with Gasteiger partial charge in [0.05, 0.1) is 0 Å². The lowest BCUT2D eigenvalue weighted by molar-refractivity contribution is 0.0547. The normalized spacial score (nSPS) is 33.1. The fraction of sp³-hybridized carbons (Fsp3) is 0.647. The number of hydrogen-bond donors (Lipinski definition) is 0. The van der Waals surface area contributed by atoms with E-state index >= 15 is 0 Å². The van der Waals surface area contributed by atoms with Crippen LogP contribution in [0.1, 0.15) is 50.5 Å². The molecule has 2 aliphatic rings. The average Bonchev–Trinajstić information content (AvgIpc) is 2.47. The van der Waals surface area contributed by atoms with Crippen LogP contribution in [0.2, 0.25) is 0 Å². The van der Waals surface area contributed by atoms with E-state index in [9.17, 15) is 0 Å². The summed E-state index contributed by atoms with van der Waals surface area (Å²) < 4.78 is 0. The zero-order valence-electron chi connectivity index (χ0n) is 11.5. The van der Waals surface area contributed by atoms with E-state index in [1.807, 2.05) is 0 Å². The van der Waals surface area contributed by atoms with Crippen molar-refractivity contribution < 1.29 is 0 Å². The molecule has 0 bridgehead atoms. The van der Waals surface area contributed by atoms with Crippen molar-refractivity contribution in [3.8, 4) is 0 Å². The fourth-order valence-electron chi connectivity index (χ4n) is 4.15. The number of benzene rings is 1. The van der Waals surface area contributed by atoms with Crippen molar-refractivity contribution in [3.05, 3.63) is 35.9 Å². The summed E-state index contributed by atoms with van der Waals surface area (Å²) in [5.74, 6) is 1.68. The lowest BCUT2D eigenvalue weighted by atomic mass is 9.72. The van der Waals surface area contributed by atoms with Crippen LogP contribution in [0.25, 0.3) is 0 Å². The standard InChI is InChI=1S/C17H25N/c1-2-14-11-13-18-12-7-6-10-16(18)17(14)15-8-4-3-5-9-15/h3-5,8-9,14,16-17H,2,6-7,10-13H2,1H3/t14-,16-,17-/m1/s1. The van der Waals surface area contributed by atoms with Gasteiger partial charge in [-0.05, 0) is 43.8 Å². The summed E-state index contributed by atoms with van der Waals surface area (Å²) in [7, 11) is 0. The molecule has 1 heteroatoms. The molecule has 3 rings (SSSR count). The minimum atomic E-state index is 0.783. The van der Waals surface area contributed by atoms with Gasteiger partial charge in [0, 0.05) is 12.0 Å². The molecule has 1 aromatic rings. The van der Waals surface area contributed by atoms with Crippen LogP contribution in [0, 0.1) is 5.92 Å². The average molecular weight is 243 g/mol. The molecule has 0 radical (unpaired) electrons. The van der Waals surface area contributed by atoms with Crippen molar-refractivity contribution in [1.82, 2.24) is 4.90 Å². The van der Waals surface area contributed by atoms with Gasteiger partial charge < -0.3 is 0 Å². The molecule has 2 saturated heterocycles. The Morgan fingerprint density at radius 1 is 1.06 bits per heavy atom. The van der Waals surface area contributed by atoms with E-state index in [4.69, 9.17) is 0 Å². The van der Waals surface area contributed by atoms with Gasteiger partial charge >= 0.3 is 0 Å². The van der Waals surface area contributed by atoms with Crippen molar-refractivity contribution in [2.45, 2.75) is 51.0 Å². The lowest BCUT2D eigenvalue weighted by Crippen LogP contribution is -2.50. The van der Waals surface area contributed by atoms with E-state index in [1.54, 1.807) is 5.56 Å². The first kappa shape index (κ1) is 12.2. The molecule has 0 N–H and O–H groups in total. The predicted molar refractivity (Wildman–Crippen MR) is 76.8 cm³/mol. The largest absolute Gasteiger partial charge is 0.300 e. The highest BCUT2D eigenvalue weighted by Crippen LogP contribution is 2.42. The first-order valence-corrected chi connectivity index (χ1v) is 7.69. The SMILES string of the molecule is CC[C@@H]1CCN2CCCC[C@@H]2[C@H]1c1ccccc1. The van der Waals surface area contributed by atoms with Crippen molar-refractivity contribution in [1.29, 1.82) is 0 Å².